The zero-order valence-electron chi connectivity index (χ0n) is 27.4. The third kappa shape index (κ3) is 5.03. The Hall–Kier alpha value is -5.86. The van der Waals surface area contributed by atoms with E-state index in [1.807, 2.05) is 12.3 Å². The normalized spacial score (nSPS) is 17.8. The topological polar surface area (TPSA) is 25.8 Å². The van der Waals surface area contributed by atoms with Crippen molar-refractivity contribution in [2.24, 2.45) is 0 Å². The highest BCUT2D eigenvalue weighted by molar-refractivity contribution is 5.92. The molecule has 0 aliphatic heterocycles. The van der Waals surface area contributed by atoms with Crippen LogP contribution in [0.5, 0.6) is 0 Å². The van der Waals surface area contributed by atoms with E-state index >= 15 is 0 Å². The number of hydrogen-bond donors (Lipinski definition) is 0. The van der Waals surface area contributed by atoms with E-state index in [0.717, 1.165) is 59.5 Å². The van der Waals surface area contributed by atoms with Gasteiger partial charge < -0.3 is 0 Å². The maximum absolute atomic E-state index is 5.11. The van der Waals surface area contributed by atoms with Gasteiger partial charge in [-0.25, -0.2) is 4.98 Å². The van der Waals surface area contributed by atoms with Crippen molar-refractivity contribution in [2.75, 3.05) is 0 Å². The second-order valence-corrected chi connectivity index (χ2v) is 13.2. The molecule has 0 amide bonds. The maximum Gasteiger partial charge on any atom is 0.0812 e. The Bertz CT molecular complexity index is 2250. The first-order valence-corrected chi connectivity index (χ1v) is 17.4. The van der Waals surface area contributed by atoms with E-state index in [2.05, 4.69) is 158 Å². The summed E-state index contributed by atoms with van der Waals surface area (Å²) in [5.74, 6) is 0. The predicted octanol–water partition coefficient (Wildman–Crippen LogP) is 11.8. The summed E-state index contributed by atoms with van der Waals surface area (Å²) in [6.45, 7) is 0. The minimum absolute atomic E-state index is 0.333. The summed E-state index contributed by atoms with van der Waals surface area (Å²) in [4.78, 5) is 10.2. The summed E-state index contributed by atoms with van der Waals surface area (Å²) in [5, 5.41) is 0. The molecular formula is C47H36N2. The maximum atomic E-state index is 5.11. The molecule has 0 N–H and O–H groups in total. The standard InChI is InChI=1S/C47H36N2/c1-4-15-33(16-5-1)44-31-38(32-45(49-44)34-17-6-2-7-18-34)36-20-14-19-35(29-36)37-26-27-43-41(30-37)40-23-10-11-24-42(40)47(43,39-21-8-3-9-22-39)46-25-12-13-28-48-46/h1-8,10,12-21,23,25-32H,9,11,22,24H2. The number of aromatic nitrogens is 2. The van der Waals surface area contributed by atoms with Crippen LogP contribution < -0.4 is 0 Å². The summed E-state index contributed by atoms with van der Waals surface area (Å²) in [6, 6.07) is 47.9. The number of hydrogen-bond acceptors (Lipinski definition) is 2. The van der Waals surface area contributed by atoms with Crippen LogP contribution in [0.25, 0.3) is 50.3 Å². The van der Waals surface area contributed by atoms with Crippen LogP contribution in [0.3, 0.4) is 0 Å². The lowest BCUT2D eigenvalue weighted by molar-refractivity contribution is 0.626. The Morgan fingerprint density at radius 3 is 1.90 bits per heavy atom. The minimum Gasteiger partial charge on any atom is -0.260 e. The zero-order chi connectivity index (χ0) is 32.6. The smallest absolute Gasteiger partial charge is 0.0812 e. The first kappa shape index (κ1) is 29.3. The van der Waals surface area contributed by atoms with Crippen LogP contribution in [-0.2, 0) is 5.41 Å². The number of fused-ring (bicyclic) bond motifs is 2. The molecule has 9 rings (SSSR count). The molecule has 0 saturated carbocycles. The Balaban J connectivity index is 1.18. The highest BCUT2D eigenvalue weighted by Crippen LogP contribution is 2.58. The van der Waals surface area contributed by atoms with Gasteiger partial charge >= 0.3 is 0 Å². The molecule has 49 heavy (non-hydrogen) atoms. The van der Waals surface area contributed by atoms with Gasteiger partial charge in [0.25, 0.3) is 0 Å². The van der Waals surface area contributed by atoms with Gasteiger partial charge in [-0.2, -0.15) is 0 Å². The molecule has 2 aromatic heterocycles. The second kappa shape index (κ2) is 12.3. The molecule has 3 aliphatic carbocycles. The SMILES string of the molecule is C1=CCCC(C2(c3ccccn3)C3=C(C=CCC3)c3cc(-c4cccc(-c5cc(-c6ccccc6)nc(-c6ccccc6)c5)c4)ccc32)=C1. The summed E-state index contributed by atoms with van der Waals surface area (Å²) in [6.07, 6.45) is 17.8. The van der Waals surface area contributed by atoms with E-state index in [9.17, 15) is 0 Å². The van der Waals surface area contributed by atoms with E-state index in [0.29, 0.717) is 0 Å². The van der Waals surface area contributed by atoms with Crippen molar-refractivity contribution < 1.29 is 0 Å². The zero-order valence-corrected chi connectivity index (χ0v) is 27.4. The van der Waals surface area contributed by atoms with Crippen molar-refractivity contribution in [1.29, 1.82) is 0 Å². The summed E-state index contributed by atoms with van der Waals surface area (Å²) in [7, 11) is 0. The molecule has 0 bridgehead atoms. The lowest BCUT2D eigenvalue weighted by Gasteiger charge is -2.37. The Kier molecular flexibility index (Phi) is 7.35. The van der Waals surface area contributed by atoms with E-state index in [4.69, 9.17) is 9.97 Å². The van der Waals surface area contributed by atoms with Crippen molar-refractivity contribution in [3.05, 3.63) is 198 Å². The van der Waals surface area contributed by atoms with Gasteiger partial charge in [-0.1, -0.05) is 127 Å². The van der Waals surface area contributed by atoms with Crippen molar-refractivity contribution in [2.45, 2.75) is 31.1 Å². The van der Waals surface area contributed by atoms with Crippen molar-refractivity contribution in [1.82, 2.24) is 9.97 Å². The third-order valence-electron chi connectivity index (χ3n) is 10.4. The van der Waals surface area contributed by atoms with E-state index in [1.54, 1.807) is 0 Å². The average molecular weight is 629 g/mol. The van der Waals surface area contributed by atoms with Gasteiger partial charge in [0.2, 0.25) is 0 Å². The third-order valence-corrected chi connectivity index (χ3v) is 10.4. The predicted molar refractivity (Wildman–Crippen MR) is 203 cm³/mol. The molecule has 0 radical (unpaired) electrons. The fourth-order valence-corrected chi connectivity index (χ4v) is 8.15. The Morgan fingerprint density at radius 1 is 0.531 bits per heavy atom. The first-order valence-electron chi connectivity index (χ1n) is 17.4. The second-order valence-electron chi connectivity index (χ2n) is 13.2. The quantitative estimate of drug-likeness (QED) is 0.183. The molecule has 2 heterocycles. The fraction of sp³-hybridized carbons (Fsp3) is 0.106. The van der Waals surface area contributed by atoms with E-state index in [1.165, 1.54) is 44.5 Å². The van der Waals surface area contributed by atoms with Crippen LogP contribution in [0.2, 0.25) is 0 Å². The molecule has 0 fully saturated rings. The van der Waals surface area contributed by atoms with Gasteiger partial charge in [0.1, 0.15) is 0 Å². The van der Waals surface area contributed by atoms with Crippen molar-refractivity contribution >= 4 is 5.57 Å². The average Bonchev–Trinajstić information content (AvgIpc) is 3.49. The van der Waals surface area contributed by atoms with E-state index in [-0.39, 0.29) is 5.41 Å². The van der Waals surface area contributed by atoms with Crippen LogP contribution in [0, 0.1) is 0 Å². The largest absolute Gasteiger partial charge is 0.260 e. The molecule has 6 aromatic rings. The molecule has 1 atom stereocenters. The number of nitrogens with zero attached hydrogens (tertiary/aromatic N) is 2. The van der Waals surface area contributed by atoms with Crippen molar-refractivity contribution in [3.63, 3.8) is 0 Å². The molecule has 2 nitrogen and oxygen atoms in total. The molecule has 2 heteroatoms. The van der Waals surface area contributed by atoms with Crippen LogP contribution >= 0.6 is 0 Å². The monoisotopic (exact) mass is 628 g/mol. The highest BCUT2D eigenvalue weighted by atomic mass is 14.7. The highest BCUT2D eigenvalue weighted by Gasteiger charge is 2.49. The first-order chi connectivity index (χ1) is 24.3. The van der Waals surface area contributed by atoms with Crippen molar-refractivity contribution in [3.8, 4) is 44.8 Å². The lowest BCUT2D eigenvalue weighted by atomic mass is 9.65. The molecule has 4 aromatic carbocycles. The number of pyridine rings is 2. The Labute approximate surface area is 288 Å². The molecule has 0 spiro atoms. The lowest BCUT2D eigenvalue weighted by Crippen LogP contribution is -2.32. The minimum atomic E-state index is -0.333. The van der Waals surface area contributed by atoms with Crippen LogP contribution in [0.4, 0.5) is 0 Å². The van der Waals surface area contributed by atoms with Crippen LogP contribution in [0.15, 0.2) is 181 Å². The van der Waals surface area contributed by atoms with E-state index < -0.39 is 0 Å². The van der Waals surface area contributed by atoms with Gasteiger partial charge in [0.15, 0.2) is 0 Å². The summed E-state index contributed by atoms with van der Waals surface area (Å²) in [5.41, 5.74) is 16.7. The summed E-state index contributed by atoms with van der Waals surface area (Å²) >= 11 is 0. The number of rotatable bonds is 6. The molecule has 3 aliphatic rings. The number of benzene rings is 4. The molecular weight excluding hydrogens is 593 g/mol. The van der Waals surface area contributed by atoms with Gasteiger partial charge in [-0.3, -0.25) is 4.98 Å². The molecule has 1 unspecified atom stereocenters. The molecule has 234 valence electrons. The molecule has 0 saturated heterocycles. The van der Waals surface area contributed by atoms with Crippen LogP contribution in [0.1, 0.15) is 42.5 Å². The van der Waals surface area contributed by atoms with Gasteiger partial charge in [0, 0.05) is 17.3 Å². The Morgan fingerprint density at radius 2 is 1.20 bits per heavy atom. The van der Waals surface area contributed by atoms with Crippen LogP contribution in [-0.4, -0.2) is 9.97 Å². The van der Waals surface area contributed by atoms with Gasteiger partial charge in [0.05, 0.1) is 22.5 Å². The van der Waals surface area contributed by atoms with Gasteiger partial charge in [-0.05, 0) is 112 Å². The van der Waals surface area contributed by atoms with Gasteiger partial charge in [-0.15, -0.1) is 0 Å². The summed E-state index contributed by atoms with van der Waals surface area (Å²) < 4.78 is 0. The fourth-order valence-electron chi connectivity index (χ4n) is 8.15. The number of allylic oxidation sites excluding steroid dienone is 8.